The zero-order valence-corrected chi connectivity index (χ0v) is 16.4. The molecule has 0 saturated heterocycles. The molecule has 0 aliphatic carbocycles. The molecule has 0 saturated carbocycles. The van der Waals surface area contributed by atoms with Gasteiger partial charge in [0.15, 0.2) is 0 Å². The molecule has 2 aromatic rings. The molecule has 0 amide bonds. The molecule has 0 aromatic heterocycles. The third kappa shape index (κ3) is 5.92. The summed E-state index contributed by atoms with van der Waals surface area (Å²) in [5.74, 6) is 0. The molecule has 0 aliphatic rings. The van der Waals surface area contributed by atoms with E-state index in [1.807, 2.05) is 0 Å². The van der Waals surface area contributed by atoms with E-state index >= 15 is 0 Å². The lowest BCUT2D eigenvalue weighted by Gasteiger charge is -2.32. The Bertz CT molecular complexity index is 590. The summed E-state index contributed by atoms with van der Waals surface area (Å²) >= 11 is 0. The van der Waals surface area contributed by atoms with Crippen molar-refractivity contribution in [1.82, 2.24) is 0 Å². The number of benzene rings is 2. The van der Waals surface area contributed by atoms with Crippen molar-refractivity contribution in [2.45, 2.75) is 78.2 Å². The number of rotatable bonds is 11. The summed E-state index contributed by atoms with van der Waals surface area (Å²) < 4.78 is 0. The monoisotopic (exact) mass is 337 g/mol. The van der Waals surface area contributed by atoms with Crippen LogP contribution < -0.4 is 4.90 Å². The molecule has 0 bridgehead atoms. The molecule has 25 heavy (non-hydrogen) atoms. The molecule has 0 fully saturated rings. The first-order chi connectivity index (χ1) is 12.3. The van der Waals surface area contributed by atoms with Gasteiger partial charge in [0.1, 0.15) is 0 Å². The van der Waals surface area contributed by atoms with Gasteiger partial charge in [-0.05, 0) is 49.9 Å². The Morgan fingerprint density at radius 2 is 1.40 bits per heavy atom. The van der Waals surface area contributed by atoms with Gasteiger partial charge in [0, 0.05) is 17.4 Å². The minimum Gasteiger partial charge on any atom is -0.338 e. The quantitative estimate of drug-likeness (QED) is 0.383. The van der Waals surface area contributed by atoms with Crippen LogP contribution in [0.4, 0.5) is 11.4 Å². The Balaban J connectivity index is 2.13. The van der Waals surface area contributed by atoms with Crippen LogP contribution in [-0.4, -0.2) is 6.04 Å². The van der Waals surface area contributed by atoms with Gasteiger partial charge in [-0.15, -0.1) is 0 Å². The molecule has 0 N–H and O–H groups in total. The summed E-state index contributed by atoms with van der Waals surface area (Å²) in [5, 5.41) is 0. The van der Waals surface area contributed by atoms with E-state index in [0.29, 0.717) is 6.04 Å². The maximum atomic E-state index is 2.52. The van der Waals surface area contributed by atoms with Gasteiger partial charge in [-0.3, -0.25) is 0 Å². The molecular formula is C24H35N. The lowest BCUT2D eigenvalue weighted by Crippen LogP contribution is -2.28. The summed E-state index contributed by atoms with van der Waals surface area (Å²) in [6.07, 6.45) is 10.4. The SMILES string of the molecule is CCCCCCCCc1ccccc1N(c1ccccc1)C(C)CC. The van der Waals surface area contributed by atoms with Crippen molar-refractivity contribution in [3.05, 3.63) is 60.2 Å². The van der Waals surface area contributed by atoms with E-state index in [1.165, 1.54) is 61.9 Å². The Hall–Kier alpha value is -1.76. The predicted octanol–water partition coefficient (Wildman–Crippen LogP) is 7.53. The number of hydrogen-bond acceptors (Lipinski definition) is 1. The highest BCUT2D eigenvalue weighted by atomic mass is 15.2. The van der Waals surface area contributed by atoms with Crippen molar-refractivity contribution in [1.29, 1.82) is 0 Å². The number of aryl methyl sites for hydroxylation is 1. The van der Waals surface area contributed by atoms with Gasteiger partial charge in [-0.2, -0.15) is 0 Å². The van der Waals surface area contributed by atoms with Gasteiger partial charge >= 0.3 is 0 Å². The van der Waals surface area contributed by atoms with Crippen LogP contribution >= 0.6 is 0 Å². The first kappa shape index (κ1) is 19.6. The second-order valence-electron chi connectivity index (χ2n) is 7.11. The fraction of sp³-hybridized carbons (Fsp3) is 0.500. The molecule has 1 atom stereocenters. The van der Waals surface area contributed by atoms with Crippen molar-refractivity contribution in [3.8, 4) is 0 Å². The highest BCUT2D eigenvalue weighted by Gasteiger charge is 2.17. The minimum atomic E-state index is 0.494. The summed E-state index contributed by atoms with van der Waals surface area (Å²) in [6, 6.07) is 20.3. The van der Waals surface area contributed by atoms with Crippen molar-refractivity contribution in [3.63, 3.8) is 0 Å². The van der Waals surface area contributed by atoms with Crippen LogP contribution in [0.2, 0.25) is 0 Å². The van der Waals surface area contributed by atoms with Gasteiger partial charge in [0.2, 0.25) is 0 Å². The van der Waals surface area contributed by atoms with Gasteiger partial charge in [0.25, 0.3) is 0 Å². The number of nitrogens with zero attached hydrogens (tertiary/aromatic N) is 1. The topological polar surface area (TPSA) is 3.24 Å². The van der Waals surface area contributed by atoms with E-state index < -0.39 is 0 Å². The fourth-order valence-corrected chi connectivity index (χ4v) is 3.46. The van der Waals surface area contributed by atoms with Crippen LogP contribution in [0.15, 0.2) is 54.6 Å². The number of unbranched alkanes of at least 4 members (excludes halogenated alkanes) is 5. The highest BCUT2D eigenvalue weighted by molar-refractivity contribution is 5.67. The molecule has 0 heterocycles. The molecule has 0 aliphatic heterocycles. The molecule has 2 aromatic carbocycles. The zero-order chi connectivity index (χ0) is 17.9. The van der Waals surface area contributed by atoms with Crippen LogP contribution in [0, 0.1) is 0 Å². The molecule has 1 heteroatoms. The van der Waals surface area contributed by atoms with E-state index in [0.717, 1.165) is 6.42 Å². The molecule has 0 radical (unpaired) electrons. The van der Waals surface area contributed by atoms with Crippen LogP contribution in [0.3, 0.4) is 0 Å². The van der Waals surface area contributed by atoms with E-state index in [4.69, 9.17) is 0 Å². The maximum Gasteiger partial charge on any atom is 0.0445 e. The Kier molecular flexibility index (Phi) is 8.59. The van der Waals surface area contributed by atoms with E-state index in [2.05, 4.69) is 80.3 Å². The van der Waals surface area contributed by atoms with Gasteiger partial charge < -0.3 is 4.90 Å². The lowest BCUT2D eigenvalue weighted by atomic mass is 10.0. The number of anilines is 2. The first-order valence-electron chi connectivity index (χ1n) is 10.2. The number of hydrogen-bond donors (Lipinski definition) is 0. The van der Waals surface area contributed by atoms with Crippen LogP contribution in [0.5, 0.6) is 0 Å². The van der Waals surface area contributed by atoms with Gasteiger partial charge in [-0.25, -0.2) is 0 Å². The summed E-state index contributed by atoms with van der Waals surface area (Å²) in [7, 11) is 0. The largest absolute Gasteiger partial charge is 0.338 e. The number of para-hydroxylation sites is 2. The first-order valence-corrected chi connectivity index (χ1v) is 10.2. The standard InChI is InChI=1S/C24H35N/c1-4-6-7-8-9-11-16-22-17-14-15-20-24(22)25(21(3)5-2)23-18-12-10-13-19-23/h10,12-15,17-21H,4-9,11,16H2,1-3H3. The predicted molar refractivity (Wildman–Crippen MR) is 112 cm³/mol. The highest BCUT2D eigenvalue weighted by Crippen LogP contribution is 2.32. The van der Waals surface area contributed by atoms with E-state index in [1.54, 1.807) is 0 Å². The average molecular weight is 338 g/mol. The maximum absolute atomic E-state index is 2.52. The van der Waals surface area contributed by atoms with Crippen molar-refractivity contribution >= 4 is 11.4 Å². The lowest BCUT2D eigenvalue weighted by molar-refractivity contribution is 0.606. The van der Waals surface area contributed by atoms with Crippen molar-refractivity contribution < 1.29 is 0 Å². The summed E-state index contributed by atoms with van der Waals surface area (Å²) in [6.45, 7) is 6.88. The Labute approximate surface area is 155 Å². The second-order valence-corrected chi connectivity index (χ2v) is 7.11. The van der Waals surface area contributed by atoms with Gasteiger partial charge in [-0.1, -0.05) is 82.3 Å². The smallest absolute Gasteiger partial charge is 0.0445 e. The fourth-order valence-electron chi connectivity index (χ4n) is 3.46. The minimum absolute atomic E-state index is 0.494. The van der Waals surface area contributed by atoms with Crippen LogP contribution in [0.25, 0.3) is 0 Å². The molecule has 2 rings (SSSR count). The van der Waals surface area contributed by atoms with Crippen LogP contribution in [-0.2, 0) is 6.42 Å². The van der Waals surface area contributed by atoms with Crippen LogP contribution in [0.1, 0.15) is 71.3 Å². The summed E-state index contributed by atoms with van der Waals surface area (Å²) in [4.78, 5) is 2.52. The molecule has 0 spiro atoms. The molecule has 1 nitrogen and oxygen atoms in total. The molecule has 1 unspecified atom stereocenters. The van der Waals surface area contributed by atoms with Crippen molar-refractivity contribution in [2.75, 3.05) is 4.90 Å². The van der Waals surface area contributed by atoms with E-state index in [9.17, 15) is 0 Å². The second kappa shape index (κ2) is 11.0. The Morgan fingerprint density at radius 1 is 0.760 bits per heavy atom. The average Bonchev–Trinajstić information content (AvgIpc) is 2.66. The Morgan fingerprint density at radius 3 is 2.12 bits per heavy atom. The van der Waals surface area contributed by atoms with Gasteiger partial charge in [0.05, 0.1) is 0 Å². The third-order valence-corrected chi connectivity index (χ3v) is 5.12. The molecular weight excluding hydrogens is 302 g/mol. The third-order valence-electron chi connectivity index (χ3n) is 5.12. The normalized spacial score (nSPS) is 12.1. The summed E-state index contributed by atoms with van der Waals surface area (Å²) in [5.41, 5.74) is 4.17. The van der Waals surface area contributed by atoms with E-state index in [-0.39, 0.29) is 0 Å². The molecule has 136 valence electrons. The van der Waals surface area contributed by atoms with Crippen molar-refractivity contribution in [2.24, 2.45) is 0 Å². The zero-order valence-electron chi connectivity index (χ0n) is 16.4.